The smallest absolute Gasteiger partial charge is 0.255 e. The minimum Gasteiger partial charge on any atom is -0.325 e. The van der Waals surface area contributed by atoms with Crippen LogP contribution < -0.4 is 4.90 Å². The molecule has 24 heavy (non-hydrogen) atoms. The monoisotopic (exact) mass is 362 g/mol. The fourth-order valence-corrected chi connectivity index (χ4v) is 3.92. The number of nitrogens with zero attached hydrogens (tertiary/aromatic N) is 2. The highest BCUT2D eigenvalue weighted by Gasteiger charge is 2.34. The molecule has 4 nitrogen and oxygen atoms in total. The molecule has 0 unspecified atom stereocenters. The molecule has 1 aliphatic rings. The van der Waals surface area contributed by atoms with Crippen molar-refractivity contribution in [3.8, 4) is 0 Å². The Morgan fingerprint density at radius 2 is 2.12 bits per heavy atom. The Labute approximate surface area is 150 Å². The van der Waals surface area contributed by atoms with Crippen LogP contribution in [0.25, 0.3) is 0 Å². The summed E-state index contributed by atoms with van der Waals surface area (Å²) in [4.78, 5) is 29.8. The molecule has 2 amide bonds. The molecule has 0 bridgehead atoms. The first-order valence-electron chi connectivity index (χ1n) is 7.94. The number of para-hydroxylation sites is 1. The van der Waals surface area contributed by atoms with Crippen LogP contribution in [0.3, 0.4) is 0 Å². The van der Waals surface area contributed by atoms with Crippen molar-refractivity contribution in [2.24, 2.45) is 0 Å². The second kappa shape index (κ2) is 6.95. The van der Waals surface area contributed by atoms with E-state index in [0.29, 0.717) is 22.8 Å². The van der Waals surface area contributed by atoms with Crippen molar-refractivity contribution in [3.63, 3.8) is 0 Å². The van der Waals surface area contributed by atoms with Gasteiger partial charge in [-0.3, -0.25) is 9.59 Å². The molecule has 1 saturated heterocycles. The largest absolute Gasteiger partial charge is 0.325 e. The van der Waals surface area contributed by atoms with Crippen LogP contribution in [0.5, 0.6) is 0 Å². The molecular weight excluding hydrogens is 344 g/mol. The normalized spacial score (nSPS) is 18.1. The van der Waals surface area contributed by atoms with Gasteiger partial charge in [-0.15, -0.1) is 11.3 Å². The Kier molecular flexibility index (Phi) is 4.92. The highest BCUT2D eigenvalue weighted by atomic mass is 35.5. The van der Waals surface area contributed by atoms with Crippen molar-refractivity contribution in [3.05, 3.63) is 51.2 Å². The molecule has 2 heterocycles. The first kappa shape index (κ1) is 17.0. The second-order valence-corrected chi connectivity index (χ2v) is 7.30. The van der Waals surface area contributed by atoms with Gasteiger partial charge in [0.1, 0.15) is 6.54 Å². The molecular formula is C18H19ClN2O2S. The van der Waals surface area contributed by atoms with E-state index in [9.17, 15) is 9.59 Å². The lowest BCUT2D eigenvalue weighted by atomic mass is 10.1. The van der Waals surface area contributed by atoms with Gasteiger partial charge in [0.2, 0.25) is 5.91 Å². The minimum atomic E-state index is -0.111. The zero-order valence-corrected chi connectivity index (χ0v) is 15.2. The molecule has 0 aliphatic carbocycles. The van der Waals surface area contributed by atoms with E-state index in [1.54, 1.807) is 27.2 Å². The fraction of sp³-hybridized carbons (Fsp3) is 0.333. The van der Waals surface area contributed by atoms with Crippen LogP contribution in [-0.2, 0) is 11.2 Å². The SMILES string of the molecule is CCc1cc(C(=O)N2CC(=O)N(c3ccccc3Cl)C[C@H]2C)cs1. The van der Waals surface area contributed by atoms with Crippen LogP contribution in [-0.4, -0.2) is 35.8 Å². The maximum atomic E-state index is 12.7. The lowest BCUT2D eigenvalue weighted by Crippen LogP contribution is -2.57. The molecule has 1 aromatic carbocycles. The number of piperazine rings is 1. The summed E-state index contributed by atoms with van der Waals surface area (Å²) in [6.07, 6.45) is 0.909. The van der Waals surface area contributed by atoms with Crippen LogP contribution >= 0.6 is 22.9 Å². The number of halogens is 1. The Morgan fingerprint density at radius 3 is 2.79 bits per heavy atom. The number of carbonyl (C=O) groups excluding carboxylic acids is 2. The summed E-state index contributed by atoms with van der Waals surface area (Å²) in [5.74, 6) is -0.189. The summed E-state index contributed by atoms with van der Waals surface area (Å²) in [5, 5.41) is 2.42. The Morgan fingerprint density at radius 1 is 1.38 bits per heavy atom. The van der Waals surface area contributed by atoms with Crippen LogP contribution in [0.15, 0.2) is 35.7 Å². The molecule has 126 valence electrons. The van der Waals surface area contributed by atoms with E-state index in [2.05, 4.69) is 6.92 Å². The molecule has 0 N–H and O–H groups in total. The zero-order valence-electron chi connectivity index (χ0n) is 13.7. The maximum Gasteiger partial charge on any atom is 0.255 e. The summed E-state index contributed by atoms with van der Waals surface area (Å²) < 4.78 is 0. The molecule has 1 aromatic heterocycles. The Hall–Kier alpha value is -1.85. The summed E-state index contributed by atoms with van der Waals surface area (Å²) in [7, 11) is 0. The van der Waals surface area contributed by atoms with E-state index >= 15 is 0 Å². The van der Waals surface area contributed by atoms with E-state index < -0.39 is 0 Å². The molecule has 0 saturated carbocycles. The van der Waals surface area contributed by atoms with Gasteiger partial charge in [-0.1, -0.05) is 30.7 Å². The maximum absolute atomic E-state index is 12.7. The number of hydrogen-bond donors (Lipinski definition) is 0. The van der Waals surface area contributed by atoms with Gasteiger partial charge in [0, 0.05) is 22.8 Å². The van der Waals surface area contributed by atoms with Gasteiger partial charge >= 0.3 is 0 Å². The number of amides is 2. The third-order valence-electron chi connectivity index (χ3n) is 4.24. The first-order chi connectivity index (χ1) is 11.5. The van der Waals surface area contributed by atoms with Crippen molar-refractivity contribution in [1.82, 2.24) is 4.90 Å². The van der Waals surface area contributed by atoms with Gasteiger partial charge in [0.25, 0.3) is 5.91 Å². The van der Waals surface area contributed by atoms with Crippen LogP contribution in [0.4, 0.5) is 5.69 Å². The van der Waals surface area contributed by atoms with Gasteiger partial charge < -0.3 is 9.80 Å². The highest BCUT2D eigenvalue weighted by Crippen LogP contribution is 2.28. The number of thiophene rings is 1. The number of benzene rings is 1. The lowest BCUT2D eigenvalue weighted by molar-refractivity contribution is -0.121. The van der Waals surface area contributed by atoms with Gasteiger partial charge in [0.05, 0.1) is 16.3 Å². The van der Waals surface area contributed by atoms with E-state index in [0.717, 1.165) is 6.42 Å². The molecule has 6 heteroatoms. The van der Waals surface area contributed by atoms with Crippen molar-refractivity contribution in [2.45, 2.75) is 26.3 Å². The molecule has 1 atom stereocenters. The molecule has 2 aromatic rings. The quantitative estimate of drug-likeness (QED) is 0.832. The standard InChI is InChI=1S/C18H19ClN2O2S/c1-3-14-8-13(11-24-14)18(23)20-10-17(22)21(9-12(20)2)16-7-5-4-6-15(16)19/h4-8,11-12H,3,9-10H2,1-2H3/t12-/m1/s1. The average Bonchev–Trinajstić information content (AvgIpc) is 3.06. The number of aryl methyl sites for hydroxylation is 1. The fourth-order valence-electron chi connectivity index (χ4n) is 2.87. The average molecular weight is 363 g/mol. The van der Waals surface area contributed by atoms with Gasteiger partial charge in [0.15, 0.2) is 0 Å². The summed E-state index contributed by atoms with van der Waals surface area (Å²) >= 11 is 7.79. The summed E-state index contributed by atoms with van der Waals surface area (Å²) in [6, 6.07) is 9.14. The van der Waals surface area contributed by atoms with E-state index in [1.165, 1.54) is 4.88 Å². The van der Waals surface area contributed by atoms with Crippen molar-refractivity contribution >= 4 is 40.4 Å². The third-order valence-corrected chi connectivity index (χ3v) is 5.64. The summed E-state index contributed by atoms with van der Waals surface area (Å²) in [5.41, 5.74) is 1.37. The predicted octanol–water partition coefficient (Wildman–Crippen LogP) is 3.84. The predicted molar refractivity (Wildman–Crippen MR) is 98.0 cm³/mol. The molecule has 0 radical (unpaired) electrons. The van der Waals surface area contributed by atoms with Gasteiger partial charge in [-0.25, -0.2) is 0 Å². The Balaban J connectivity index is 1.79. The molecule has 3 rings (SSSR count). The number of carbonyl (C=O) groups is 2. The van der Waals surface area contributed by atoms with Crippen LogP contribution in [0.1, 0.15) is 29.1 Å². The minimum absolute atomic E-state index is 0.0720. The first-order valence-corrected chi connectivity index (χ1v) is 9.20. The Bertz CT molecular complexity index is 774. The number of hydrogen-bond acceptors (Lipinski definition) is 3. The van der Waals surface area contributed by atoms with Crippen LogP contribution in [0.2, 0.25) is 5.02 Å². The zero-order chi connectivity index (χ0) is 17.3. The topological polar surface area (TPSA) is 40.6 Å². The third kappa shape index (κ3) is 3.19. The van der Waals surface area contributed by atoms with Crippen LogP contribution in [0, 0.1) is 0 Å². The molecule has 1 aliphatic heterocycles. The highest BCUT2D eigenvalue weighted by molar-refractivity contribution is 7.10. The van der Waals surface area contributed by atoms with Gasteiger partial charge in [-0.05, 0) is 31.5 Å². The molecule has 1 fully saturated rings. The lowest BCUT2D eigenvalue weighted by Gasteiger charge is -2.39. The van der Waals surface area contributed by atoms with E-state index in [-0.39, 0.29) is 24.4 Å². The van der Waals surface area contributed by atoms with Crippen molar-refractivity contribution in [2.75, 3.05) is 18.0 Å². The molecule has 0 spiro atoms. The number of rotatable bonds is 3. The van der Waals surface area contributed by atoms with Crippen molar-refractivity contribution < 1.29 is 9.59 Å². The van der Waals surface area contributed by atoms with E-state index in [4.69, 9.17) is 11.6 Å². The van der Waals surface area contributed by atoms with Crippen molar-refractivity contribution in [1.29, 1.82) is 0 Å². The second-order valence-electron chi connectivity index (χ2n) is 5.89. The van der Waals surface area contributed by atoms with E-state index in [1.807, 2.05) is 36.6 Å². The summed E-state index contributed by atoms with van der Waals surface area (Å²) in [6.45, 7) is 4.54. The van der Waals surface area contributed by atoms with Gasteiger partial charge in [-0.2, -0.15) is 0 Å². The number of anilines is 1.